The second-order valence-electron chi connectivity index (χ2n) is 6.23. The first-order chi connectivity index (χ1) is 11.6. The van der Waals surface area contributed by atoms with Gasteiger partial charge < -0.3 is 15.1 Å². The summed E-state index contributed by atoms with van der Waals surface area (Å²) in [7, 11) is 1.78. The molecular weight excluding hydrogens is 325 g/mol. The number of thioether (sulfide) groups is 1. The van der Waals surface area contributed by atoms with Gasteiger partial charge in [0.05, 0.1) is 6.54 Å². The quantitative estimate of drug-likeness (QED) is 0.651. The van der Waals surface area contributed by atoms with Crippen molar-refractivity contribution in [2.45, 2.75) is 44.0 Å². The molecule has 24 heavy (non-hydrogen) atoms. The topological polar surface area (TPSA) is 49.6 Å². The molecule has 1 aromatic carbocycles. The smallest absolute Gasteiger partial charge is 0.191 e. The van der Waals surface area contributed by atoms with E-state index in [4.69, 9.17) is 4.42 Å². The van der Waals surface area contributed by atoms with Gasteiger partial charge in [-0.25, -0.2) is 4.39 Å². The Morgan fingerprint density at radius 1 is 1.42 bits per heavy atom. The molecule has 0 bridgehead atoms. The molecule has 130 valence electrons. The van der Waals surface area contributed by atoms with E-state index in [1.54, 1.807) is 13.1 Å². The highest BCUT2D eigenvalue weighted by molar-refractivity contribution is 7.99. The number of halogens is 1. The lowest BCUT2D eigenvalue weighted by Crippen LogP contribution is -2.42. The fourth-order valence-corrected chi connectivity index (χ4v) is 4.05. The van der Waals surface area contributed by atoms with Crippen LogP contribution in [-0.2, 0) is 6.54 Å². The zero-order valence-corrected chi connectivity index (χ0v) is 15.2. The highest BCUT2D eigenvalue weighted by Crippen LogP contribution is 2.28. The van der Waals surface area contributed by atoms with Crippen LogP contribution in [0.25, 0.3) is 11.0 Å². The SMILES string of the molecule is CN=C(NCc1oc2ccc(F)cc2c1C)NC1CCC(SC)C1. The fraction of sp³-hybridized carbons (Fsp3) is 0.500. The summed E-state index contributed by atoms with van der Waals surface area (Å²) in [6.07, 6.45) is 5.78. The molecule has 1 saturated carbocycles. The second-order valence-corrected chi connectivity index (χ2v) is 7.37. The van der Waals surface area contributed by atoms with Crippen LogP contribution in [0.15, 0.2) is 27.6 Å². The fourth-order valence-electron chi connectivity index (χ4n) is 3.25. The van der Waals surface area contributed by atoms with E-state index in [1.165, 1.54) is 31.4 Å². The Morgan fingerprint density at radius 2 is 2.25 bits per heavy atom. The van der Waals surface area contributed by atoms with Gasteiger partial charge in [-0.3, -0.25) is 4.99 Å². The van der Waals surface area contributed by atoms with Gasteiger partial charge in [-0.05, 0) is 50.6 Å². The third-order valence-corrected chi connectivity index (χ3v) is 5.79. The number of aryl methyl sites for hydroxylation is 1. The number of benzene rings is 1. The van der Waals surface area contributed by atoms with Crippen LogP contribution in [0, 0.1) is 12.7 Å². The molecule has 1 aliphatic carbocycles. The summed E-state index contributed by atoms with van der Waals surface area (Å²) in [5, 5.41) is 8.36. The van der Waals surface area contributed by atoms with Crippen molar-refractivity contribution < 1.29 is 8.81 Å². The first kappa shape index (κ1) is 17.1. The predicted octanol–water partition coefficient (Wildman–Crippen LogP) is 3.83. The van der Waals surface area contributed by atoms with Gasteiger partial charge in [0.1, 0.15) is 17.2 Å². The predicted molar refractivity (Wildman–Crippen MR) is 99.2 cm³/mol. The van der Waals surface area contributed by atoms with Gasteiger partial charge in [0.25, 0.3) is 0 Å². The molecular formula is C18H24FN3OS. The van der Waals surface area contributed by atoms with E-state index < -0.39 is 0 Å². The minimum atomic E-state index is -0.243. The van der Waals surface area contributed by atoms with Crippen molar-refractivity contribution in [2.75, 3.05) is 13.3 Å². The van der Waals surface area contributed by atoms with Gasteiger partial charge >= 0.3 is 0 Å². The number of nitrogens with one attached hydrogen (secondary N) is 2. The average molecular weight is 349 g/mol. The minimum Gasteiger partial charge on any atom is -0.459 e. The van der Waals surface area contributed by atoms with Crippen molar-refractivity contribution in [2.24, 2.45) is 4.99 Å². The number of aliphatic imine (C=N–C) groups is 1. The van der Waals surface area contributed by atoms with Crippen LogP contribution in [0.1, 0.15) is 30.6 Å². The Hall–Kier alpha value is -1.69. The summed E-state index contributed by atoms with van der Waals surface area (Å²) >= 11 is 1.94. The first-order valence-electron chi connectivity index (χ1n) is 8.28. The molecule has 2 N–H and O–H groups in total. The molecule has 1 aromatic heterocycles. The standard InChI is InChI=1S/C18H24FN3OS/c1-11-15-8-12(19)4-7-16(15)23-17(11)10-21-18(20-2)22-13-5-6-14(9-13)24-3/h4,7-8,13-14H,5-6,9-10H2,1-3H3,(H2,20,21,22). The second kappa shape index (κ2) is 7.47. The molecule has 2 atom stereocenters. The maximum Gasteiger partial charge on any atom is 0.191 e. The van der Waals surface area contributed by atoms with Crippen molar-refractivity contribution in [1.82, 2.24) is 10.6 Å². The third kappa shape index (κ3) is 3.69. The number of furan rings is 1. The molecule has 2 aromatic rings. The van der Waals surface area contributed by atoms with E-state index >= 15 is 0 Å². The first-order valence-corrected chi connectivity index (χ1v) is 9.57. The van der Waals surface area contributed by atoms with E-state index in [9.17, 15) is 4.39 Å². The molecule has 0 saturated heterocycles. The summed E-state index contributed by atoms with van der Waals surface area (Å²) < 4.78 is 19.2. The maximum atomic E-state index is 13.4. The monoisotopic (exact) mass is 349 g/mol. The van der Waals surface area contributed by atoms with Crippen molar-refractivity contribution in [3.05, 3.63) is 35.3 Å². The van der Waals surface area contributed by atoms with Crippen LogP contribution in [0.4, 0.5) is 4.39 Å². The average Bonchev–Trinajstić information content (AvgIpc) is 3.16. The molecule has 0 spiro atoms. The van der Waals surface area contributed by atoms with E-state index in [2.05, 4.69) is 21.9 Å². The van der Waals surface area contributed by atoms with Gasteiger partial charge in [0.15, 0.2) is 5.96 Å². The molecule has 3 rings (SSSR count). The van der Waals surface area contributed by atoms with Gasteiger partial charge in [0.2, 0.25) is 0 Å². The zero-order chi connectivity index (χ0) is 17.1. The summed E-state index contributed by atoms with van der Waals surface area (Å²) in [6, 6.07) is 5.09. The Kier molecular flexibility index (Phi) is 5.33. The lowest BCUT2D eigenvalue weighted by molar-refractivity contribution is 0.530. The number of hydrogen-bond donors (Lipinski definition) is 2. The molecule has 4 nitrogen and oxygen atoms in total. The summed E-state index contributed by atoms with van der Waals surface area (Å²) in [6.45, 7) is 2.49. The number of fused-ring (bicyclic) bond motifs is 1. The lowest BCUT2D eigenvalue weighted by Gasteiger charge is -2.17. The highest BCUT2D eigenvalue weighted by atomic mass is 32.2. The number of guanidine groups is 1. The summed E-state index contributed by atoms with van der Waals surface area (Å²) in [5.41, 5.74) is 1.68. The Morgan fingerprint density at radius 3 is 2.96 bits per heavy atom. The Balaban J connectivity index is 1.63. The van der Waals surface area contributed by atoms with Crippen molar-refractivity contribution in [3.63, 3.8) is 0 Å². The van der Waals surface area contributed by atoms with Gasteiger partial charge in [0, 0.05) is 29.3 Å². The van der Waals surface area contributed by atoms with Crippen molar-refractivity contribution in [3.8, 4) is 0 Å². The number of nitrogens with zero attached hydrogens (tertiary/aromatic N) is 1. The summed E-state index contributed by atoms with van der Waals surface area (Å²) in [5.74, 6) is 1.35. The Labute approximate surface area is 146 Å². The molecule has 0 aliphatic heterocycles. The van der Waals surface area contributed by atoms with E-state index in [-0.39, 0.29) is 5.82 Å². The number of hydrogen-bond acceptors (Lipinski definition) is 3. The van der Waals surface area contributed by atoms with E-state index in [0.29, 0.717) is 18.2 Å². The molecule has 0 amide bonds. The van der Waals surface area contributed by atoms with Crippen LogP contribution in [0.3, 0.4) is 0 Å². The lowest BCUT2D eigenvalue weighted by atomic mass is 10.1. The van der Waals surface area contributed by atoms with Crippen LogP contribution in [0.5, 0.6) is 0 Å². The number of rotatable bonds is 4. The van der Waals surface area contributed by atoms with Crippen LogP contribution in [-0.4, -0.2) is 30.6 Å². The molecule has 2 unspecified atom stereocenters. The van der Waals surface area contributed by atoms with Crippen LogP contribution < -0.4 is 10.6 Å². The molecule has 0 radical (unpaired) electrons. The largest absolute Gasteiger partial charge is 0.459 e. The minimum absolute atomic E-state index is 0.243. The van der Waals surface area contributed by atoms with Gasteiger partial charge in [-0.2, -0.15) is 11.8 Å². The third-order valence-electron chi connectivity index (χ3n) is 4.70. The van der Waals surface area contributed by atoms with E-state index in [0.717, 1.165) is 27.9 Å². The summed E-state index contributed by atoms with van der Waals surface area (Å²) in [4.78, 5) is 4.30. The molecule has 1 heterocycles. The Bertz CT molecular complexity index is 743. The molecule has 6 heteroatoms. The van der Waals surface area contributed by atoms with Crippen LogP contribution in [0.2, 0.25) is 0 Å². The maximum absolute atomic E-state index is 13.4. The van der Waals surface area contributed by atoms with Crippen molar-refractivity contribution in [1.29, 1.82) is 0 Å². The highest BCUT2D eigenvalue weighted by Gasteiger charge is 2.24. The zero-order valence-electron chi connectivity index (χ0n) is 14.4. The van der Waals surface area contributed by atoms with Crippen molar-refractivity contribution >= 4 is 28.7 Å². The van der Waals surface area contributed by atoms with Gasteiger partial charge in [-0.15, -0.1) is 0 Å². The van der Waals surface area contributed by atoms with E-state index in [1.807, 2.05) is 18.7 Å². The molecule has 1 aliphatic rings. The molecule has 1 fully saturated rings. The normalized spacial score (nSPS) is 21.4. The van der Waals surface area contributed by atoms with Crippen LogP contribution >= 0.6 is 11.8 Å². The van der Waals surface area contributed by atoms with Gasteiger partial charge in [-0.1, -0.05) is 0 Å².